The Morgan fingerprint density at radius 2 is 1.26 bits per heavy atom. The zero-order chi connectivity index (χ0) is 16.2. The SMILES string of the molecule is OC(c1ccccc1)c1ccc(Oc2c(Cl)cccc2Cl)cc1. The fourth-order valence-corrected chi connectivity index (χ4v) is 2.72. The lowest BCUT2D eigenvalue weighted by atomic mass is 10.0. The molecule has 0 aliphatic rings. The second kappa shape index (κ2) is 7.05. The van der Waals surface area contributed by atoms with Crippen LogP contribution in [0.25, 0.3) is 0 Å². The van der Waals surface area contributed by atoms with Gasteiger partial charge in [-0.25, -0.2) is 0 Å². The van der Waals surface area contributed by atoms with E-state index in [0.29, 0.717) is 21.5 Å². The summed E-state index contributed by atoms with van der Waals surface area (Å²) in [5.41, 5.74) is 1.63. The van der Waals surface area contributed by atoms with Gasteiger partial charge in [0.15, 0.2) is 5.75 Å². The van der Waals surface area contributed by atoms with Crippen molar-refractivity contribution in [2.75, 3.05) is 0 Å². The third-order valence-corrected chi connectivity index (χ3v) is 4.05. The number of aliphatic hydroxyl groups excluding tert-OH is 1. The molecule has 0 fully saturated rings. The topological polar surface area (TPSA) is 29.5 Å². The highest BCUT2D eigenvalue weighted by Gasteiger charge is 2.11. The summed E-state index contributed by atoms with van der Waals surface area (Å²) in [7, 11) is 0. The Bertz CT molecular complexity index is 766. The molecule has 1 atom stereocenters. The summed E-state index contributed by atoms with van der Waals surface area (Å²) in [5.74, 6) is 1.02. The van der Waals surface area contributed by atoms with Crippen LogP contribution < -0.4 is 4.74 Å². The van der Waals surface area contributed by atoms with Gasteiger partial charge in [-0.2, -0.15) is 0 Å². The lowest BCUT2D eigenvalue weighted by Gasteiger charge is -2.13. The number of ether oxygens (including phenoxy) is 1. The minimum Gasteiger partial charge on any atom is -0.454 e. The summed E-state index contributed by atoms with van der Waals surface area (Å²) in [6.45, 7) is 0. The fourth-order valence-electron chi connectivity index (χ4n) is 2.24. The van der Waals surface area contributed by atoms with E-state index in [1.807, 2.05) is 42.5 Å². The maximum absolute atomic E-state index is 10.4. The number of hydrogen-bond acceptors (Lipinski definition) is 2. The second-order valence-electron chi connectivity index (χ2n) is 5.04. The van der Waals surface area contributed by atoms with Gasteiger partial charge >= 0.3 is 0 Å². The smallest absolute Gasteiger partial charge is 0.164 e. The van der Waals surface area contributed by atoms with Gasteiger partial charge in [-0.05, 0) is 35.4 Å². The molecule has 0 aliphatic carbocycles. The van der Waals surface area contributed by atoms with Crippen LogP contribution in [0.5, 0.6) is 11.5 Å². The third kappa shape index (κ3) is 3.67. The van der Waals surface area contributed by atoms with Crippen molar-refractivity contribution >= 4 is 23.2 Å². The van der Waals surface area contributed by atoms with Crippen molar-refractivity contribution in [3.8, 4) is 11.5 Å². The van der Waals surface area contributed by atoms with Gasteiger partial charge in [-0.1, -0.05) is 71.7 Å². The molecule has 4 heteroatoms. The molecule has 0 aliphatic heterocycles. The van der Waals surface area contributed by atoms with Gasteiger partial charge in [0.2, 0.25) is 0 Å². The Morgan fingerprint density at radius 3 is 1.87 bits per heavy atom. The minimum absolute atomic E-state index is 0.423. The molecule has 3 aromatic rings. The van der Waals surface area contributed by atoms with Gasteiger partial charge in [0.1, 0.15) is 11.9 Å². The number of rotatable bonds is 4. The van der Waals surface area contributed by atoms with Gasteiger partial charge in [0, 0.05) is 0 Å². The molecule has 0 heterocycles. The first kappa shape index (κ1) is 15.9. The van der Waals surface area contributed by atoms with Gasteiger partial charge in [0.25, 0.3) is 0 Å². The lowest BCUT2D eigenvalue weighted by molar-refractivity contribution is 0.220. The van der Waals surface area contributed by atoms with Crippen LogP contribution in [0.1, 0.15) is 17.2 Å². The first-order valence-corrected chi connectivity index (χ1v) is 7.85. The van der Waals surface area contributed by atoms with E-state index in [-0.39, 0.29) is 0 Å². The molecular weight excluding hydrogens is 331 g/mol. The van der Waals surface area contributed by atoms with E-state index < -0.39 is 6.10 Å². The standard InChI is InChI=1S/C19H14Cl2O2/c20-16-7-4-8-17(21)19(16)23-15-11-9-14(10-12-15)18(22)13-5-2-1-3-6-13/h1-12,18,22H. The molecule has 0 radical (unpaired) electrons. The molecule has 3 rings (SSSR count). The highest BCUT2D eigenvalue weighted by molar-refractivity contribution is 6.37. The molecule has 1 N–H and O–H groups in total. The van der Waals surface area contributed by atoms with Crippen LogP contribution in [-0.4, -0.2) is 5.11 Å². The van der Waals surface area contributed by atoms with Crippen LogP contribution in [0.3, 0.4) is 0 Å². The molecule has 0 saturated heterocycles. The van der Waals surface area contributed by atoms with E-state index in [0.717, 1.165) is 11.1 Å². The van der Waals surface area contributed by atoms with Gasteiger partial charge < -0.3 is 9.84 Å². The fraction of sp³-hybridized carbons (Fsp3) is 0.0526. The van der Waals surface area contributed by atoms with Gasteiger partial charge in [-0.15, -0.1) is 0 Å². The van der Waals surface area contributed by atoms with Gasteiger partial charge in [0.05, 0.1) is 10.0 Å². The van der Waals surface area contributed by atoms with Crippen LogP contribution in [0.4, 0.5) is 0 Å². The van der Waals surface area contributed by atoms with Crippen molar-refractivity contribution in [1.82, 2.24) is 0 Å². The molecular formula is C19H14Cl2O2. The largest absolute Gasteiger partial charge is 0.454 e. The Morgan fingerprint density at radius 1 is 0.696 bits per heavy atom. The summed E-state index contributed by atoms with van der Waals surface area (Å²) in [6, 6.07) is 21.9. The zero-order valence-electron chi connectivity index (χ0n) is 12.1. The molecule has 0 spiro atoms. The predicted octanol–water partition coefficient (Wildman–Crippen LogP) is 5.87. The predicted molar refractivity (Wildman–Crippen MR) is 93.5 cm³/mol. The van der Waals surface area contributed by atoms with Crippen molar-refractivity contribution in [2.24, 2.45) is 0 Å². The summed E-state index contributed by atoms with van der Waals surface area (Å²) in [4.78, 5) is 0. The molecule has 1 unspecified atom stereocenters. The highest BCUT2D eigenvalue weighted by atomic mass is 35.5. The summed E-state index contributed by atoms with van der Waals surface area (Å²) < 4.78 is 5.73. The third-order valence-electron chi connectivity index (χ3n) is 3.45. The molecule has 0 bridgehead atoms. The average molecular weight is 345 g/mol. The quantitative estimate of drug-likeness (QED) is 0.641. The van der Waals surface area contributed by atoms with Crippen molar-refractivity contribution in [3.05, 3.63) is 94.0 Å². The molecule has 0 amide bonds. The zero-order valence-corrected chi connectivity index (χ0v) is 13.6. The first-order valence-electron chi connectivity index (χ1n) is 7.10. The minimum atomic E-state index is -0.672. The molecule has 0 saturated carbocycles. The van der Waals surface area contributed by atoms with Crippen molar-refractivity contribution in [1.29, 1.82) is 0 Å². The van der Waals surface area contributed by atoms with Crippen LogP contribution in [0.15, 0.2) is 72.8 Å². The normalized spacial score (nSPS) is 12.0. The van der Waals surface area contributed by atoms with Crippen LogP contribution >= 0.6 is 23.2 Å². The Kier molecular flexibility index (Phi) is 4.87. The maximum atomic E-state index is 10.4. The van der Waals surface area contributed by atoms with E-state index in [4.69, 9.17) is 27.9 Å². The Balaban J connectivity index is 1.80. The van der Waals surface area contributed by atoms with E-state index in [2.05, 4.69) is 0 Å². The van der Waals surface area contributed by atoms with Crippen molar-refractivity contribution in [2.45, 2.75) is 6.10 Å². The summed E-state index contributed by atoms with van der Waals surface area (Å²) >= 11 is 12.2. The average Bonchev–Trinajstić information content (AvgIpc) is 2.59. The molecule has 0 aromatic heterocycles. The number of halogens is 2. The van der Waals surface area contributed by atoms with E-state index in [1.54, 1.807) is 30.3 Å². The second-order valence-corrected chi connectivity index (χ2v) is 5.85. The van der Waals surface area contributed by atoms with Crippen LogP contribution in [-0.2, 0) is 0 Å². The molecule has 2 nitrogen and oxygen atoms in total. The van der Waals surface area contributed by atoms with Crippen molar-refractivity contribution < 1.29 is 9.84 Å². The Labute approximate surface area is 144 Å². The lowest BCUT2D eigenvalue weighted by Crippen LogP contribution is -1.99. The maximum Gasteiger partial charge on any atom is 0.164 e. The van der Waals surface area contributed by atoms with E-state index in [9.17, 15) is 5.11 Å². The monoisotopic (exact) mass is 344 g/mol. The van der Waals surface area contributed by atoms with Gasteiger partial charge in [-0.3, -0.25) is 0 Å². The summed E-state index contributed by atoms with van der Waals surface area (Å²) in [6.07, 6.45) is -0.672. The van der Waals surface area contributed by atoms with Crippen LogP contribution in [0.2, 0.25) is 10.0 Å². The number of benzene rings is 3. The number of para-hydroxylation sites is 1. The number of aliphatic hydroxyl groups is 1. The van der Waals surface area contributed by atoms with E-state index in [1.165, 1.54) is 0 Å². The van der Waals surface area contributed by atoms with Crippen LogP contribution in [0, 0.1) is 0 Å². The first-order chi connectivity index (χ1) is 11.1. The van der Waals surface area contributed by atoms with E-state index >= 15 is 0 Å². The Hall–Kier alpha value is -2.00. The highest BCUT2D eigenvalue weighted by Crippen LogP contribution is 2.36. The number of hydrogen-bond donors (Lipinski definition) is 1. The summed E-state index contributed by atoms with van der Waals surface area (Å²) in [5, 5.41) is 11.3. The molecule has 23 heavy (non-hydrogen) atoms. The van der Waals surface area contributed by atoms with Crippen molar-refractivity contribution in [3.63, 3.8) is 0 Å². The molecule has 3 aromatic carbocycles. The molecule has 116 valence electrons.